The maximum absolute atomic E-state index is 13.7. The van der Waals surface area contributed by atoms with Crippen molar-refractivity contribution < 1.29 is 23.8 Å². The van der Waals surface area contributed by atoms with E-state index in [0.717, 1.165) is 17.9 Å². The molecule has 0 amide bonds. The maximum Gasteiger partial charge on any atom is 0.336 e. The van der Waals surface area contributed by atoms with E-state index in [1.807, 2.05) is 0 Å². The number of halogens is 1. The van der Waals surface area contributed by atoms with E-state index in [1.165, 1.54) is 23.5 Å². The highest BCUT2D eigenvalue weighted by Crippen LogP contribution is 2.38. The third kappa shape index (κ3) is 3.38. The highest BCUT2D eigenvalue weighted by atomic mass is 32.1. The molecule has 122 valence electrons. The van der Waals surface area contributed by atoms with Crippen LogP contribution in [0, 0.1) is 18.7 Å². The molecule has 0 bridgehead atoms. The van der Waals surface area contributed by atoms with Gasteiger partial charge in [0, 0.05) is 28.3 Å². The number of aromatic carboxylic acids is 1. The van der Waals surface area contributed by atoms with Crippen LogP contribution in [-0.2, 0) is 4.74 Å². The van der Waals surface area contributed by atoms with Crippen LogP contribution >= 0.6 is 11.3 Å². The van der Waals surface area contributed by atoms with E-state index in [2.05, 4.69) is 0 Å². The molecule has 0 aliphatic carbocycles. The Morgan fingerprint density at radius 3 is 3.00 bits per heavy atom. The predicted molar refractivity (Wildman–Crippen MR) is 85.8 cm³/mol. The standard InChI is InChI=1S/C17H17FO4S/c1-10-14(17(19)20)9-23-16(10)13-6-12(18)2-3-15(13)22-8-11-4-5-21-7-11/h2-3,6,9,11H,4-5,7-8H2,1H3,(H,19,20). The zero-order valence-electron chi connectivity index (χ0n) is 12.7. The summed E-state index contributed by atoms with van der Waals surface area (Å²) >= 11 is 1.29. The summed E-state index contributed by atoms with van der Waals surface area (Å²) in [7, 11) is 0. The molecule has 0 spiro atoms. The largest absolute Gasteiger partial charge is 0.493 e. The Balaban J connectivity index is 1.91. The second-order valence-corrected chi connectivity index (χ2v) is 6.47. The highest BCUT2D eigenvalue weighted by molar-refractivity contribution is 7.14. The summed E-state index contributed by atoms with van der Waals surface area (Å²) in [6.07, 6.45) is 0.956. The van der Waals surface area contributed by atoms with E-state index in [4.69, 9.17) is 9.47 Å². The lowest BCUT2D eigenvalue weighted by Crippen LogP contribution is -2.12. The molecule has 1 aromatic heterocycles. The fourth-order valence-electron chi connectivity index (χ4n) is 2.62. The molecule has 6 heteroatoms. The van der Waals surface area contributed by atoms with Gasteiger partial charge in [0.1, 0.15) is 11.6 Å². The number of carboxylic acid groups (broad SMARTS) is 1. The molecule has 1 saturated heterocycles. The number of carbonyl (C=O) groups is 1. The molecule has 2 aromatic rings. The number of ether oxygens (including phenoxy) is 2. The molecule has 3 rings (SSSR count). The first-order chi connectivity index (χ1) is 11.1. The number of thiophene rings is 1. The molecule has 1 N–H and O–H groups in total. The van der Waals surface area contributed by atoms with Gasteiger partial charge in [-0.3, -0.25) is 0 Å². The summed E-state index contributed by atoms with van der Waals surface area (Å²) in [5.74, 6) is -0.444. The van der Waals surface area contributed by atoms with Gasteiger partial charge in [0.05, 0.1) is 18.8 Å². The van der Waals surface area contributed by atoms with Crippen LogP contribution in [0.3, 0.4) is 0 Å². The molecular formula is C17H17FO4S. The quantitative estimate of drug-likeness (QED) is 0.897. The van der Waals surface area contributed by atoms with Crippen LogP contribution in [0.15, 0.2) is 23.6 Å². The zero-order chi connectivity index (χ0) is 16.4. The lowest BCUT2D eigenvalue weighted by atomic mass is 10.1. The van der Waals surface area contributed by atoms with Crippen LogP contribution in [0.1, 0.15) is 22.3 Å². The minimum Gasteiger partial charge on any atom is -0.493 e. The Bertz CT molecular complexity index is 719. The molecule has 0 radical (unpaired) electrons. The molecule has 1 fully saturated rings. The molecular weight excluding hydrogens is 319 g/mol. The lowest BCUT2D eigenvalue weighted by molar-refractivity contribution is 0.0696. The number of hydrogen-bond acceptors (Lipinski definition) is 4. The van der Waals surface area contributed by atoms with Gasteiger partial charge >= 0.3 is 5.97 Å². The molecule has 2 heterocycles. The first kappa shape index (κ1) is 16.0. The van der Waals surface area contributed by atoms with Gasteiger partial charge in [-0.2, -0.15) is 0 Å². The average Bonchev–Trinajstić information content (AvgIpc) is 3.15. The van der Waals surface area contributed by atoms with Crippen molar-refractivity contribution in [2.75, 3.05) is 19.8 Å². The predicted octanol–water partition coefficient (Wildman–Crippen LogP) is 3.98. The number of carboxylic acids is 1. The fourth-order valence-corrected chi connectivity index (χ4v) is 3.71. The van der Waals surface area contributed by atoms with Crippen molar-refractivity contribution >= 4 is 17.3 Å². The molecule has 1 aliphatic heterocycles. The van der Waals surface area contributed by atoms with E-state index in [-0.39, 0.29) is 11.4 Å². The maximum atomic E-state index is 13.7. The number of hydrogen-bond donors (Lipinski definition) is 1. The summed E-state index contributed by atoms with van der Waals surface area (Å²) in [6, 6.07) is 4.34. The summed E-state index contributed by atoms with van der Waals surface area (Å²) in [4.78, 5) is 11.9. The molecule has 4 nitrogen and oxygen atoms in total. The van der Waals surface area contributed by atoms with Crippen molar-refractivity contribution in [3.63, 3.8) is 0 Å². The summed E-state index contributed by atoms with van der Waals surface area (Å²) in [6.45, 7) is 3.66. The fraction of sp³-hybridized carbons (Fsp3) is 0.353. The van der Waals surface area contributed by atoms with Gasteiger partial charge in [0.15, 0.2) is 0 Å². The molecule has 0 saturated carbocycles. The van der Waals surface area contributed by atoms with E-state index in [0.29, 0.717) is 36.0 Å². The minimum absolute atomic E-state index is 0.240. The van der Waals surface area contributed by atoms with Crippen molar-refractivity contribution in [3.8, 4) is 16.2 Å². The smallest absolute Gasteiger partial charge is 0.336 e. The van der Waals surface area contributed by atoms with Crippen molar-refractivity contribution in [1.29, 1.82) is 0 Å². The topological polar surface area (TPSA) is 55.8 Å². The molecule has 1 atom stereocenters. The molecule has 1 aliphatic rings. The second-order valence-electron chi connectivity index (χ2n) is 5.59. The average molecular weight is 336 g/mol. The third-order valence-electron chi connectivity index (χ3n) is 3.95. The molecule has 23 heavy (non-hydrogen) atoms. The molecule has 1 unspecified atom stereocenters. The Kier molecular flexibility index (Phi) is 4.63. The summed E-state index contributed by atoms with van der Waals surface area (Å²) < 4.78 is 24.9. The van der Waals surface area contributed by atoms with Gasteiger partial charge < -0.3 is 14.6 Å². The summed E-state index contributed by atoms with van der Waals surface area (Å²) in [5.41, 5.74) is 1.46. The van der Waals surface area contributed by atoms with E-state index in [9.17, 15) is 14.3 Å². The van der Waals surface area contributed by atoms with Crippen LogP contribution in [-0.4, -0.2) is 30.9 Å². The monoisotopic (exact) mass is 336 g/mol. The van der Waals surface area contributed by atoms with Crippen molar-refractivity contribution in [1.82, 2.24) is 0 Å². The first-order valence-corrected chi connectivity index (χ1v) is 8.26. The van der Waals surface area contributed by atoms with Crippen molar-refractivity contribution in [2.45, 2.75) is 13.3 Å². The number of rotatable bonds is 5. The summed E-state index contributed by atoms with van der Waals surface area (Å²) in [5, 5.41) is 10.8. The van der Waals surface area contributed by atoms with Crippen molar-refractivity contribution in [2.24, 2.45) is 5.92 Å². The Labute approximate surface area is 137 Å². The Morgan fingerprint density at radius 1 is 1.52 bits per heavy atom. The van der Waals surface area contributed by atoms with E-state index < -0.39 is 5.97 Å². The van der Waals surface area contributed by atoms with E-state index in [1.54, 1.807) is 18.4 Å². The zero-order valence-corrected chi connectivity index (χ0v) is 13.5. The minimum atomic E-state index is -0.980. The molecule has 1 aromatic carbocycles. The number of benzene rings is 1. The Morgan fingerprint density at radius 2 is 2.35 bits per heavy atom. The highest BCUT2D eigenvalue weighted by Gasteiger charge is 2.20. The van der Waals surface area contributed by atoms with Gasteiger partial charge in [-0.05, 0) is 37.1 Å². The van der Waals surface area contributed by atoms with Crippen molar-refractivity contribution in [3.05, 3.63) is 40.5 Å². The van der Waals surface area contributed by atoms with Crippen LogP contribution in [0.25, 0.3) is 10.4 Å². The van der Waals surface area contributed by atoms with Gasteiger partial charge in [0.2, 0.25) is 0 Å². The van der Waals surface area contributed by atoms with Gasteiger partial charge in [0.25, 0.3) is 0 Å². The van der Waals surface area contributed by atoms with Crippen LogP contribution < -0.4 is 4.74 Å². The van der Waals surface area contributed by atoms with Gasteiger partial charge in [-0.1, -0.05) is 0 Å². The van der Waals surface area contributed by atoms with Gasteiger partial charge in [-0.25, -0.2) is 9.18 Å². The van der Waals surface area contributed by atoms with Crippen LogP contribution in [0.5, 0.6) is 5.75 Å². The normalized spacial score (nSPS) is 17.4. The van der Waals surface area contributed by atoms with Crippen LogP contribution in [0.4, 0.5) is 4.39 Å². The van der Waals surface area contributed by atoms with Crippen LogP contribution in [0.2, 0.25) is 0 Å². The first-order valence-electron chi connectivity index (χ1n) is 7.38. The SMILES string of the molecule is Cc1c(C(=O)O)csc1-c1cc(F)ccc1OCC1CCOC1. The van der Waals surface area contributed by atoms with E-state index >= 15 is 0 Å². The second kappa shape index (κ2) is 6.68. The third-order valence-corrected chi connectivity index (χ3v) is 5.07. The Hall–Kier alpha value is -1.92. The lowest BCUT2D eigenvalue weighted by Gasteiger charge is -2.14. The van der Waals surface area contributed by atoms with Gasteiger partial charge in [-0.15, -0.1) is 11.3 Å².